The summed E-state index contributed by atoms with van der Waals surface area (Å²) in [4.78, 5) is 0. The van der Waals surface area contributed by atoms with Gasteiger partial charge >= 0.3 is 0 Å². The van der Waals surface area contributed by atoms with Gasteiger partial charge in [-0.3, -0.25) is 0 Å². The van der Waals surface area contributed by atoms with Gasteiger partial charge in [-0.25, -0.2) is 12.7 Å². The smallest absolute Gasteiger partial charge is 0.212 e. The lowest BCUT2D eigenvalue weighted by molar-refractivity contribution is 0.283. The Labute approximate surface area is 120 Å². The van der Waals surface area contributed by atoms with Gasteiger partial charge in [0, 0.05) is 19.0 Å². The van der Waals surface area contributed by atoms with Gasteiger partial charge in [-0.15, -0.1) is 11.6 Å². The predicted molar refractivity (Wildman–Crippen MR) is 78.9 cm³/mol. The number of halogens is 1. The molecular weight excluding hydrogens is 282 g/mol. The average Bonchev–Trinajstić information content (AvgIpc) is 2.46. The summed E-state index contributed by atoms with van der Waals surface area (Å²) in [5.74, 6) is 1.04. The monoisotopic (exact) mass is 301 g/mol. The van der Waals surface area contributed by atoms with Gasteiger partial charge in [0.15, 0.2) is 0 Å². The zero-order valence-electron chi connectivity index (χ0n) is 11.0. The Morgan fingerprint density at radius 1 is 1.26 bits per heavy atom. The first kappa shape index (κ1) is 14.8. The lowest BCUT2D eigenvalue weighted by atomic mass is 10.0. The number of aryl methyl sites for hydroxylation is 1. The normalized spacial score (nSPS) is 21.4. The van der Waals surface area contributed by atoms with E-state index in [9.17, 15) is 8.42 Å². The Hall–Kier alpha value is -0.580. The van der Waals surface area contributed by atoms with Crippen LogP contribution in [0.2, 0.25) is 0 Å². The molecule has 5 heteroatoms. The molecule has 1 saturated heterocycles. The van der Waals surface area contributed by atoms with Crippen LogP contribution in [0.4, 0.5) is 0 Å². The summed E-state index contributed by atoms with van der Waals surface area (Å²) in [5.41, 5.74) is 1.07. The van der Waals surface area contributed by atoms with E-state index in [1.54, 1.807) is 4.31 Å². The fourth-order valence-electron chi connectivity index (χ4n) is 2.43. The molecule has 0 radical (unpaired) electrons. The van der Waals surface area contributed by atoms with E-state index in [0.717, 1.165) is 18.4 Å². The van der Waals surface area contributed by atoms with Crippen LogP contribution in [0, 0.1) is 5.92 Å². The summed E-state index contributed by atoms with van der Waals surface area (Å²) < 4.78 is 26.2. The molecule has 0 saturated carbocycles. The maximum atomic E-state index is 12.3. The van der Waals surface area contributed by atoms with E-state index in [2.05, 4.69) is 0 Å². The minimum absolute atomic E-state index is 0.187. The number of hydrogen-bond acceptors (Lipinski definition) is 2. The molecule has 1 aromatic carbocycles. The third-order valence-corrected chi connectivity index (χ3v) is 5.86. The fourth-order valence-corrected chi connectivity index (χ4v) is 4.28. The van der Waals surface area contributed by atoms with E-state index in [4.69, 9.17) is 11.6 Å². The molecule has 0 bridgehead atoms. The van der Waals surface area contributed by atoms with Gasteiger partial charge in [0.1, 0.15) is 0 Å². The van der Waals surface area contributed by atoms with Crippen LogP contribution in [0.5, 0.6) is 0 Å². The van der Waals surface area contributed by atoms with E-state index in [0.29, 0.717) is 31.3 Å². The molecule has 0 spiro atoms. The summed E-state index contributed by atoms with van der Waals surface area (Å²) in [6.07, 6.45) is 2.53. The Bertz CT molecular complexity index is 489. The lowest BCUT2D eigenvalue weighted by Crippen LogP contribution is -2.41. The minimum Gasteiger partial charge on any atom is -0.212 e. The molecule has 0 aromatic heterocycles. The van der Waals surface area contributed by atoms with Crippen molar-refractivity contribution in [1.82, 2.24) is 4.31 Å². The number of hydrogen-bond donors (Lipinski definition) is 0. The molecule has 1 aromatic rings. The average molecular weight is 302 g/mol. The molecule has 0 N–H and O–H groups in total. The molecule has 1 atom stereocenters. The summed E-state index contributed by atoms with van der Waals surface area (Å²) in [6, 6.07) is 9.74. The molecule has 0 amide bonds. The highest BCUT2D eigenvalue weighted by atomic mass is 35.5. The van der Waals surface area contributed by atoms with Crippen molar-refractivity contribution < 1.29 is 8.42 Å². The Morgan fingerprint density at radius 3 is 2.68 bits per heavy atom. The number of piperidine rings is 1. The first-order valence-electron chi connectivity index (χ1n) is 6.69. The molecule has 2 rings (SSSR count). The van der Waals surface area contributed by atoms with Gasteiger partial charge in [0.05, 0.1) is 5.75 Å². The quantitative estimate of drug-likeness (QED) is 0.784. The van der Waals surface area contributed by atoms with Crippen molar-refractivity contribution in [1.29, 1.82) is 0 Å². The summed E-state index contributed by atoms with van der Waals surface area (Å²) in [5, 5.41) is 0. The minimum atomic E-state index is -3.15. The Balaban J connectivity index is 1.94. The summed E-state index contributed by atoms with van der Waals surface area (Å²) in [6.45, 7) is 1.23. The van der Waals surface area contributed by atoms with Crippen molar-refractivity contribution in [3.63, 3.8) is 0 Å². The van der Waals surface area contributed by atoms with Crippen molar-refractivity contribution in [2.75, 3.05) is 24.7 Å². The molecule has 1 aliphatic heterocycles. The van der Waals surface area contributed by atoms with Gasteiger partial charge in [-0.2, -0.15) is 0 Å². The van der Waals surface area contributed by atoms with Gasteiger partial charge < -0.3 is 0 Å². The third kappa shape index (κ3) is 4.20. The van der Waals surface area contributed by atoms with Crippen LogP contribution >= 0.6 is 11.6 Å². The molecule has 1 heterocycles. The molecule has 1 fully saturated rings. The SMILES string of the molecule is O=S(=O)(CCc1ccccc1)N1CCCC(CCl)C1. The van der Waals surface area contributed by atoms with Crippen LogP contribution < -0.4 is 0 Å². The number of nitrogens with zero attached hydrogens (tertiary/aromatic N) is 1. The highest BCUT2D eigenvalue weighted by Gasteiger charge is 2.28. The standard InChI is InChI=1S/C14H20ClNO2S/c15-11-14-7-4-9-16(12-14)19(17,18)10-8-13-5-2-1-3-6-13/h1-3,5-6,14H,4,7-12H2. The fraction of sp³-hybridized carbons (Fsp3) is 0.571. The molecule has 1 aliphatic rings. The molecule has 0 aliphatic carbocycles. The number of benzene rings is 1. The molecule has 3 nitrogen and oxygen atoms in total. The van der Waals surface area contributed by atoms with Gasteiger partial charge in [-0.05, 0) is 30.7 Å². The van der Waals surface area contributed by atoms with E-state index >= 15 is 0 Å². The molecular formula is C14H20ClNO2S. The van der Waals surface area contributed by atoms with Gasteiger partial charge in [0.25, 0.3) is 0 Å². The second kappa shape index (κ2) is 6.73. The molecule has 106 valence electrons. The number of sulfonamides is 1. The van der Waals surface area contributed by atoms with E-state index < -0.39 is 10.0 Å². The zero-order chi connectivity index (χ0) is 13.7. The number of rotatable bonds is 5. The highest BCUT2D eigenvalue weighted by Crippen LogP contribution is 2.20. The maximum absolute atomic E-state index is 12.3. The lowest BCUT2D eigenvalue weighted by Gasteiger charge is -2.30. The van der Waals surface area contributed by atoms with Crippen LogP contribution in [-0.2, 0) is 16.4 Å². The first-order chi connectivity index (χ1) is 9.12. The second-order valence-electron chi connectivity index (χ2n) is 5.07. The largest absolute Gasteiger partial charge is 0.214 e. The Kier molecular flexibility index (Phi) is 5.25. The van der Waals surface area contributed by atoms with Crippen LogP contribution in [0.15, 0.2) is 30.3 Å². The third-order valence-electron chi connectivity index (χ3n) is 3.58. The highest BCUT2D eigenvalue weighted by molar-refractivity contribution is 7.89. The van der Waals surface area contributed by atoms with Gasteiger partial charge in [-0.1, -0.05) is 30.3 Å². The van der Waals surface area contributed by atoms with E-state index in [1.807, 2.05) is 30.3 Å². The maximum Gasteiger partial charge on any atom is 0.214 e. The van der Waals surface area contributed by atoms with E-state index in [-0.39, 0.29) is 5.75 Å². The van der Waals surface area contributed by atoms with E-state index in [1.165, 1.54) is 0 Å². The van der Waals surface area contributed by atoms with Crippen molar-refractivity contribution >= 4 is 21.6 Å². The van der Waals surface area contributed by atoms with Crippen molar-refractivity contribution in [2.45, 2.75) is 19.3 Å². The van der Waals surface area contributed by atoms with Crippen LogP contribution in [0.25, 0.3) is 0 Å². The van der Waals surface area contributed by atoms with Crippen LogP contribution in [0.1, 0.15) is 18.4 Å². The van der Waals surface area contributed by atoms with Crippen molar-refractivity contribution in [2.24, 2.45) is 5.92 Å². The second-order valence-corrected chi connectivity index (χ2v) is 7.47. The first-order valence-corrected chi connectivity index (χ1v) is 8.84. The van der Waals surface area contributed by atoms with Crippen molar-refractivity contribution in [3.8, 4) is 0 Å². The van der Waals surface area contributed by atoms with Crippen LogP contribution in [-0.4, -0.2) is 37.4 Å². The molecule has 19 heavy (non-hydrogen) atoms. The van der Waals surface area contributed by atoms with Gasteiger partial charge in [0.2, 0.25) is 10.0 Å². The van der Waals surface area contributed by atoms with Crippen molar-refractivity contribution in [3.05, 3.63) is 35.9 Å². The topological polar surface area (TPSA) is 37.4 Å². The summed E-state index contributed by atoms with van der Waals surface area (Å²) >= 11 is 5.85. The zero-order valence-corrected chi connectivity index (χ0v) is 12.5. The van der Waals surface area contributed by atoms with Crippen LogP contribution in [0.3, 0.4) is 0 Å². The number of alkyl halides is 1. The Morgan fingerprint density at radius 2 is 2.00 bits per heavy atom. The molecule has 1 unspecified atom stereocenters. The predicted octanol–water partition coefficient (Wildman–Crippen LogP) is 2.51. The summed E-state index contributed by atoms with van der Waals surface area (Å²) in [7, 11) is -3.15.